The Kier molecular flexibility index (Phi) is 5.87. The Morgan fingerprint density at radius 2 is 1.79 bits per heavy atom. The van der Waals surface area contributed by atoms with Gasteiger partial charge in [-0.1, -0.05) is 12.1 Å². The van der Waals surface area contributed by atoms with Crippen LogP contribution in [0, 0.1) is 0 Å². The smallest absolute Gasteiger partial charge is 0.397 e. The third-order valence-electron chi connectivity index (χ3n) is 3.34. The standard InChI is InChI=1S/C13H16O10S/c14-5-7-3-1-2-4-8(7)22-13-12(17)11(16)10(15)9(23-13)6-21-24(18,19)20/h1-5,9-13,15-17H,6H2,(H,18,19,20)/t9-,10-,11+,12-,13-/m1/s1. The minimum Gasteiger partial charge on any atom is -0.461 e. The molecule has 134 valence electrons. The van der Waals surface area contributed by atoms with E-state index in [1.165, 1.54) is 12.1 Å². The molecule has 1 heterocycles. The van der Waals surface area contributed by atoms with Gasteiger partial charge in [0.2, 0.25) is 6.29 Å². The molecule has 0 bridgehead atoms. The van der Waals surface area contributed by atoms with Crippen LogP contribution < -0.4 is 4.74 Å². The van der Waals surface area contributed by atoms with Crippen LogP contribution in [-0.2, 0) is 19.3 Å². The van der Waals surface area contributed by atoms with Crippen molar-refractivity contribution in [3.8, 4) is 5.75 Å². The summed E-state index contributed by atoms with van der Waals surface area (Å²) in [5, 5.41) is 29.5. The zero-order valence-corrected chi connectivity index (χ0v) is 12.9. The second-order valence-corrected chi connectivity index (χ2v) is 6.09. The maximum Gasteiger partial charge on any atom is 0.397 e. The summed E-state index contributed by atoms with van der Waals surface area (Å²) >= 11 is 0. The van der Waals surface area contributed by atoms with Gasteiger partial charge in [0.05, 0.1) is 12.2 Å². The normalized spacial score (nSPS) is 30.8. The summed E-state index contributed by atoms with van der Waals surface area (Å²) in [5.74, 6) is 0.0505. The first-order valence-corrected chi connectivity index (χ1v) is 8.12. The SMILES string of the molecule is O=Cc1ccccc1O[C@@H]1O[C@H](COS(=O)(=O)O)[C@@H](O)[C@H](O)[C@H]1O. The van der Waals surface area contributed by atoms with Gasteiger partial charge in [0.1, 0.15) is 30.2 Å². The van der Waals surface area contributed by atoms with Gasteiger partial charge in [-0.3, -0.25) is 9.35 Å². The molecule has 0 aliphatic carbocycles. The maximum atomic E-state index is 11.0. The third kappa shape index (κ3) is 4.48. The summed E-state index contributed by atoms with van der Waals surface area (Å²) in [6, 6.07) is 6.00. The van der Waals surface area contributed by atoms with Crippen molar-refractivity contribution < 1.29 is 46.7 Å². The van der Waals surface area contributed by atoms with E-state index in [0.717, 1.165) is 0 Å². The van der Waals surface area contributed by atoms with Gasteiger partial charge in [-0.2, -0.15) is 8.42 Å². The molecule has 1 fully saturated rings. The van der Waals surface area contributed by atoms with E-state index >= 15 is 0 Å². The lowest BCUT2D eigenvalue weighted by Crippen LogP contribution is -2.60. The highest BCUT2D eigenvalue weighted by molar-refractivity contribution is 7.80. The lowest BCUT2D eigenvalue weighted by atomic mass is 9.99. The van der Waals surface area contributed by atoms with E-state index in [9.17, 15) is 28.5 Å². The largest absolute Gasteiger partial charge is 0.461 e. The number of para-hydroxylation sites is 1. The summed E-state index contributed by atoms with van der Waals surface area (Å²) in [7, 11) is -4.79. The highest BCUT2D eigenvalue weighted by atomic mass is 32.3. The number of benzene rings is 1. The number of aliphatic hydroxyl groups is 3. The maximum absolute atomic E-state index is 11.0. The minimum absolute atomic E-state index is 0.0505. The average Bonchev–Trinajstić information content (AvgIpc) is 2.54. The molecular weight excluding hydrogens is 348 g/mol. The highest BCUT2D eigenvalue weighted by Gasteiger charge is 2.45. The minimum atomic E-state index is -4.79. The van der Waals surface area contributed by atoms with Crippen LogP contribution in [0.4, 0.5) is 0 Å². The quantitative estimate of drug-likeness (QED) is 0.346. The van der Waals surface area contributed by atoms with Crippen LogP contribution in [0.2, 0.25) is 0 Å². The van der Waals surface area contributed by atoms with Crippen molar-refractivity contribution in [3.05, 3.63) is 29.8 Å². The van der Waals surface area contributed by atoms with Crippen molar-refractivity contribution in [2.75, 3.05) is 6.61 Å². The second kappa shape index (κ2) is 7.53. The van der Waals surface area contributed by atoms with Crippen molar-refractivity contribution in [3.63, 3.8) is 0 Å². The number of aliphatic hydroxyl groups excluding tert-OH is 3. The van der Waals surface area contributed by atoms with Crippen LogP contribution in [0.25, 0.3) is 0 Å². The Labute approximate surface area is 137 Å². The summed E-state index contributed by atoms with van der Waals surface area (Å²) < 4.78 is 44.4. The predicted octanol–water partition coefficient (Wildman–Crippen LogP) is -1.50. The number of aldehydes is 1. The van der Waals surface area contributed by atoms with E-state index in [1.807, 2.05) is 0 Å². The fourth-order valence-electron chi connectivity index (χ4n) is 2.11. The van der Waals surface area contributed by atoms with Crippen LogP contribution in [0.1, 0.15) is 10.4 Å². The van der Waals surface area contributed by atoms with Gasteiger partial charge in [-0.05, 0) is 12.1 Å². The fraction of sp³-hybridized carbons (Fsp3) is 0.462. The molecule has 10 nitrogen and oxygen atoms in total. The summed E-state index contributed by atoms with van der Waals surface area (Å²) in [4.78, 5) is 11.0. The predicted molar refractivity (Wildman–Crippen MR) is 76.6 cm³/mol. The van der Waals surface area contributed by atoms with E-state index < -0.39 is 47.7 Å². The number of ether oxygens (including phenoxy) is 2. The molecule has 0 aromatic heterocycles. The molecule has 0 spiro atoms. The molecule has 5 atom stereocenters. The van der Waals surface area contributed by atoms with Gasteiger partial charge in [-0.15, -0.1) is 0 Å². The third-order valence-corrected chi connectivity index (χ3v) is 3.77. The molecule has 0 amide bonds. The molecule has 1 aromatic carbocycles. The molecule has 4 N–H and O–H groups in total. The Morgan fingerprint density at radius 1 is 1.12 bits per heavy atom. The van der Waals surface area contributed by atoms with Gasteiger partial charge >= 0.3 is 10.4 Å². The second-order valence-electron chi connectivity index (χ2n) is 5.00. The van der Waals surface area contributed by atoms with Crippen LogP contribution in [-0.4, -0.2) is 71.9 Å². The monoisotopic (exact) mass is 364 g/mol. The molecule has 0 saturated carbocycles. The number of hydrogen-bond acceptors (Lipinski definition) is 9. The van der Waals surface area contributed by atoms with E-state index in [0.29, 0.717) is 6.29 Å². The van der Waals surface area contributed by atoms with E-state index in [2.05, 4.69) is 4.18 Å². The molecule has 2 rings (SSSR count). The van der Waals surface area contributed by atoms with Crippen molar-refractivity contribution in [1.82, 2.24) is 0 Å². The molecule has 1 saturated heterocycles. The van der Waals surface area contributed by atoms with Crippen molar-refractivity contribution in [2.45, 2.75) is 30.7 Å². The van der Waals surface area contributed by atoms with Gasteiger partial charge in [-0.25, -0.2) is 4.18 Å². The van der Waals surface area contributed by atoms with Crippen molar-refractivity contribution in [1.29, 1.82) is 0 Å². The Bertz CT molecular complexity index is 675. The Morgan fingerprint density at radius 3 is 2.42 bits per heavy atom. The van der Waals surface area contributed by atoms with Gasteiger partial charge in [0.15, 0.2) is 6.29 Å². The zero-order valence-electron chi connectivity index (χ0n) is 12.1. The molecular formula is C13H16O10S. The first-order valence-electron chi connectivity index (χ1n) is 6.75. The molecule has 0 unspecified atom stereocenters. The lowest BCUT2D eigenvalue weighted by molar-refractivity contribution is -0.276. The molecule has 24 heavy (non-hydrogen) atoms. The number of carbonyl (C=O) groups is 1. The van der Waals surface area contributed by atoms with Crippen LogP contribution in [0.15, 0.2) is 24.3 Å². The number of carbonyl (C=O) groups excluding carboxylic acids is 1. The van der Waals surface area contributed by atoms with Gasteiger partial charge in [0, 0.05) is 0 Å². The lowest BCUT2D eigenvalue weighted by Gasteiger charge is -2.39. The Balaban J connectivity index is 2.15. The van der Waals surface area contributed by atoms with E-state index in [-0.39, 0.29) is 11.3 Å². The molecule has 11 heteroatoms. The molecule has 1 aliphatic heterocycles. The summed E-state index contributed by atoms with van der Waals surface area (Å²) in [6.45, 7) is -0.820. The average molecular weight is 364 g/mol. The number of rotatable bonds is 6. The molecule has 1 aliphatic rings. The fourth-order valence-corrected chi connectivity index (χ4v) is 2.42. The van der Waals surface area contributed by atoms with Crippen LogP contribution >= 0.6 is 0 Å². The summed E-state index contributed by atoms with van der Waals surface area (Å²) in [6.07, 6.45) is -7.53. The first kappa shape index (κ1) is 18.7. The van der Waals surface area contributed by atoms with Crippen molar-refractivity contribution >= 4 is 16.7 Å². The van der Waals surface area contributed by atoms with Gasteiger partial charge < -0.3 is 24.8 Å². The van der Waals surface area contributed by atoms with Crippen molar-refractivity contribution in [2.24, 2.45) is 0 Å². The van der Waals surface area contributed by atoms with Gasteiger partial charge in [0.25, 0.3) is 0 Å². The van der Waals surface area contributed by atoms with Crippen LogP contribution in [0.3, 0.4) is 0 Å². The topological polar surface area (TPSA) is 160 Å². The highest BCUT2D eigenvalue weighted by Crippen LogP contribution is 2.26. The number of hydrogen-bond donors (Lipinski definition) is 4. The first-order chi connectivity index (χ1) is 11.2. The zero-order chi connectivity index (χ0) is 17.9. The molecule has 1 aromatic rings. The molecule has 0 radical (unpaired) electrons. The van der Waals surface area contributed by atoms with Crippen LogP contribution in [0.5, 0.6) is 5.75 Å². The van der Waals surface area contributed by atoms with E-state index in [1.54, 1.807) is 12.1 Å². The Hall–Kier alpha value is -1.60. The van der Waals surface area contributed by atoms with E-state index in [4.69, 9.17) is 14.0 Å². The summed E-state index contributed by atoms with van der Waals surface area (Å²) in [5.41, 5.74) is 0.152.